The molecule has 2 aromatic rings. The van der Waals surface area contributed by atoms with E-state index in [2.05, 4.69) is 20.3 Å². The Hall–Kier alpha value is -1.62. The van der Waals surface area contributed by atoms with Crippen molar-refractivity contribution in [3.8, 4) is 0 Å². The zero-order valence-electron chi connectivity index (χ0n) is 10.6. The minimum Gasteiger partial charge on any atom is -0.378 e. The van der Waals surface area contributed by atoms with Crippen LogP contribution >= 0.6 is 0 Å². The zero-order chi connectivity index (χ0) is 12.4. The summed E-state index contributed by atoms with van der Waals surface area (Å²) >= 11 is 0. The molecule has 5 nitrogen and oxygen atoms in total. The molecular weight excluding hydrogens is 228 g/mol. The first-order valence-electron chi connectivity index (χ1n) is 6.50. The standard InChI is InChI=1S/C13H18N4O/c1-14-11-6-5-10-13(16-11)17-12(15-10)8-9-4-2-3-7-18-9/h5-6,9H,2-4,7-8H2,1H3,(H2,14,15,16,17). The fraction of sp³-hybridized carbons (Fsp3) is 0.538. The summed E-state index contributed by atoms with van der Waals surface area (Å²) in [7, 11) is 1.86. The highest BCUT2D eigenvalue weighted by Gasteiger charge is 2.16. The van der Waals surface area contributed by atoms with Crippen molar-refractivity contribution >= 4 is 17.0 Å². The number of nitrogens with one attached hydrogen (secondary N) is 2. The van der Waals surface area contributed by atoms with E-state index in [1.165, 1.54) is 12.8 Å². The summed E-state index contributed by atoms with van der Waals surface area (Å²) in [5, 5.41) is 3.02. The largest absolute Gasteiger partial charge is 0.378 e. The van der Waals surface area contributed by atoms with Crippen LogP contribution in [0.2, 0.25) is 0 Å². The van der Waals surface area contributed by atoms with Crippen LogP contribution in [0.15, 0.2) is 12.1 Å². The van der Waals surface area contributed by atoms with Gasteiger partial charge in [0.05, 0.1) is 11.6 Å². The van der Waals surface area contributed by atoms with Gasteiger partial charge in [0, 0.05) is 20.1 Å². The fourth-order valence-electron chi connectivity index (χ4n) is 2.36. The number of hydrogen-bond donors (Lipinski definition) is 2. The molecule has 2 aromatic heterocycles. The second kappa shape index (κ2) is 4.94. The quantitative estimate of drug-likeness (QED) is 0.870. The monoisotopic (exact) mass is 246 g/mol. The molecule has 0 amide bonds. The molecule has 18 heavy (non-hydrogen) atoms. The summed E-state index contributed by atoms with van der Waals surface area (Å²) in [6.45, 7) is 0.882. The number of aromatic amines is 1. The lowest BCUT2D eigenvalue weighted by Gasteiger charge is -2.21. The maximum Gasteiger partial charge on any atom is 0.179 e. The third kappa shape index (κ3) is 2.31. The van der Waals surface area contributed by atoms with Crippen LogP contribution in [0.3, 0.4) is 0 Å². The second-order valence-corrected chi connectivity index (χ2v) is 4.69. The molecule has 1 fully saturated rings. The summed E-state index contributed by atoms with van der Waals surface area (Å²) < 4.78 is 5.73. The first kappa shape index (κ1) is 11.5. The van der Waals surface area contributed by atoms with Crippen LogP contribution in [0.1, 0.15) is 25.1 Å². The second-order valence-electron chi connectivity index (χ2n) is 4.69. The predicted molar refractivity (Wildman–Crippen MR) is 70.7 cm³/mol. The molecule has 0 spiro atoms. The van der Waals surface area contributed by atoms with E-state index in [0.717, 1.165) is 42.3 Å². The molecular formula is C13H18N4O. The number of pyridine rings is 1. The average molecular weight is 246 g/mol. The molecule has 1 saturated heterocycles. The number of aromatic nitrogens is 3. The lowest BCUT2D eigenvalue weighted by molar-refractivity contribution is 0.0158. The van der Waals surface area contributed by atoms with Gasteiger partial charge in [0.15, 0.2) is 5.65 Å². The molecule has 1 aliphatic rings. The van der Waals surface area contributed by atoms with Crippen molar-refractivity contribution in [1.29, 1.82) is 0 Å². The molecule has 0 radical (unpaired) electrons. The van der Waals surface area contributed by atoms with Crippen LogP contribution in [-0.4, -0.2) is 34.7 Å². The van der Waals surface area contributed by atoms with Gasteiger partial charge in [0.25, 0.3) is 0 Å². The van der Waals surface area contributed by atoms with Crippen LogP contribution in [0.5, 0.6) is 0 Å². The molecule has 3 heterocycles. The third-order valence-corrected chi connectivity index (χ3v) is 3.35. The van der Waals surface area contributed by atoms with E-state index in [9.17, 15) is 0 Å². The normalized spacial score (nSPS) is 20.2. The Labute approximate surface area is 106 Å². The highest BCUT2D eigenvalue weighted by atomic mass is 16.5. The molecule has 0 saturated carbocycles. The number of hydrogen-bond acceptors (Lipinski definition) is 4. The molecule has 0 aliphatic carbocycles. The number of ether oxygens (including phenoxy) is 1. The van der Waals surface area contributed by atoms with Gasteiger partial charge in [-0.25, -0.2) is 9.97 Å². The molecule has 0 aromatic carbocycles. The summed E-state index contributed by atoms with van der Waals surface area (Å²) in [4.78, 5) is 12.3. The Morgan fingerprint density at radius 2 is 2.33 bits per heavy atom. The first-order chi connectivity index (χ1) is 8.85. The van der Waals surface area contributed by atoms with Crippen molar-refractivity contribution in [3.63, 3.8) is 0 Å². The van der Waals surface area contributed by atoms with Crippen molar-refractivity contribution in [2.75, 3.05) is 19.0 Å². The summed E-state index contributed by atoms with van der Waals surface area (Å²) in [6, 6.07) is 3.95. The smallest absolute Gasteiger partial charge is 0.179 e. The summed E-state index contributed by atoms with van der Waals surface area (Å²) in [5.74, 6) is 1.81. The minimum atomic E-state index is 0.308. The number of imidazole rings is 1. The Morgan fingerprint density at radius 1 is 1.39 bits per heavy atom. The van der Waals surface area contributed by atoms with Gasteiger partial charge in [-0.05, 0) is 31.4 Å². The number of fused-ring (bicyclic) bond motifs is 1. The topological polar surface area (TPSA) is 62.8 Å². The predicted octanol–water partition coefficient (Wildman–Crippen LogP) is 2.11. The SMILES string of the molecule is CNc1ccc2[nH]c(CC3CCCCO3)nc2n1. The minimum absolute atomic E-state index is 0.308. The van der Waals surface area contributed by atoms with Crippen molar-refractivity contribution in [1.82, 2.24) is 15.0 Å². The van der Waals surface area contributed by atoms with Crippen molar-refractivity contribution in [2.45, 2.75) is 31.8 Å². The molecule has 3 rings (SSSR count). The van der Waals surface area contributed by atoms with E-state index in [1.54, 1.807) is 0 Å². The molecule has 1 aliphatic heterocycles. The number of nitrogens with zero attached hydrogens (tertiary/aromatic N) is 2. The third-order valence-electron chi connectivity index (χ3n) is 3.35. The van der Waals surface area contributed by atoms with Crippen LogP contribution in [-0.2, 0) is 11.2 Å². The number of anilines is 1. The Bertz CT molecular complexity index is 531. The maximum atomic E-state index is 5.73. The van der Waals surface area contributed by atoms with Crippen molar-refractivity contribution in [3.05, 3.63) is 18.0 Å². The van der Waals surface area contributed by atoms with E-state index in [1.807, 2.05) is 19.2 Å². The van der Waals surface area contributed by atoms with Gasteiger partial charge < -0.3 is 15.0 Å². The lowest BCUT2D eigenvalue weighted by Crippen LogP contribution is -2.21. The lowest BCUT2D eigenvalue weighted by atomic mass is 10.1. The van der Waals surface area contributed by atoms with Gasteiger partial charge in [0.1, 0.15) is 11.6 Å². The Balaban J connectivity index is 1.79. The highest BCUT2D eigenvalue weighted by molar-refractivity contribution is 5.72. The van der Waals surface area contributed by atoms with Gasteiger partial charge in [-0.1, -0.05) is 0 Å². The molecule has 1 atom stereocenters. The first-order valence-corrected chi connectivity index (χ1v) is 6.50. The summed E-state index contributed by atoms with van der Waals surface area (Å²) in [6.07, 6.45) is 4.73. The Kier molecular flexibility index (Phi) is 3.15. The zero-order valence-corrected chi connectivity index (χ0v) is 10.6. The Morgan fingerprint density at radius 3 is 3.11 bits per heavy atom. The van der Waals surface area contributed by atoms with Crippen LogP contribution in [0, 0.1) is 0 Å². The van der Waals surface area contributed by atoms with Gasteiger partial charge >= 0.3 is 0 Å². The van der Waals surface area contributed by atoms with Crippen LogP contribution in [0.4, 0.5) is 5.82 Å². The van der Waals surface area contributed by atoms with Gasteiger partial charge in [-0.3, -0.25) is 0 Å². The maximum absolute atomic E-state index is 5.73. The van der Waals surface area contributed by atoms with Gasteiger partial charge in [-0.15, -0.1) is 0 Å². The van der Waals surface area contributed by atoms with Gasteiger partial charge in [-0.2, -0.15) is 0 Å². The molecule has 2 N–H and O–H groups in total. The summed E-state index contributed by atoms with van der Waals surface area (Å²) in [5.41, 5.74) is 1.76. The van der Waals surface area contributed by atoms with E-state index in [0.29, 0.717) is 6.10 Å². The number of rotatable bonds is 3. The fourth-order valence-corrected chi connectivity index (χ4v) is 2.36. The average Bonchev–Trinajstić information content (AvgIpc) is 2.80. The molecule has 5 heteroatoms. The molecule has 0 bridgehead atoms. The van der Waals surface area contributed by atoms with E-state index < -0.39 is 0 Å². The van der Waals surface area contributed by atoms with Crippen LogP contribution < -0.4 is 5.32 Å². The van der Waals surface area contributed by atoms with Crippen LogP contribution in [0.25, 0.3) is 11.2 Å². The van der Waals surface area contributed by atoms with Crippen molar-refractivity contribution in [2.24, 2.45) is 0 Å². The van der Waals surface area contributed by atoms with Crippen molar-refractivity contribution < 1.29 is 4.74 Å². The highest BCUT2D eigenvalue weighted by Crippen LogP contribution is 2.18. The molecule has 1 unspecified atom stereocenters. The molecule has 96 valence electrons. The number of H-pyrrole nitrogens is 1. The van der Waals surface area contributed by atoms with E-state index >= 15 is 0 Å². The van der Waals surface area contributed by atoms with E-state index in [4.69, 9.17) is 4.74 Å². The van der Waals surface area contributed by atoms with Gasteiger partial charge in [0.2, 0.25) is 0 Å². The van der Waals surface area contributed by atoms with E-state index in [-0.39, 0.29) is 0 Å².